The van der Waals surface area contributed by atoms with E-state index >= 15 is 0 Å². The highest BCUT2D eigenvalue weighted by Gasteiger charge is 1.68. The molecule has 0 bridgehead atoms. The summed E-state index contributed by atoms with van der Waals surface area (Å²) in [6.07, 6.45) is 5.83. The second kappa shape index (κ2) is 72.8. The minimum atomic E-state index is 1.34. The molecule has 0 aliphatic rings. The normalized spacial score (nSPS) is 5.58. The molecule has 0 spiro atoms. The van der Waals surface area contributed by atoms with Gasteiger partial charge < -0.3 is 0 Å². The van der Waals surface area contributed by atoms with Crippen molar-refractivity contribution in [3.8, 4) is 0 Å². The third kappa shape index (κ3) is 246. The van der Waals surface area contributed by atoms with Crippen LogP contribution in [0.15, 0.2) is 12.7 Å². The molecule has 0 N–H and O–H groups in total. The summed E-state index contributed by atoms with van der Waals surface area (Å²) in [5.74, 6) is 0. The molecule has 0 aliphatic heterocycles. The van der Waals surface area contributed by atoms with Crippen LogP contribution in [0.1, 0.15) is 67.7 Å². The fourth-order valence-corrected chi connectivity index (χ4v) is 0.354. The van der Waals surface area contributed by atoms with Crippen LogP contribution in [0.3, 0.4) is 0 Å². The summed E-state index contributed by atoms with van der Waals surface area (Å²) >= 11 is 0. The van der Waals surface area contributed by atoms with Crippen molar-refractivity contribution in [1.82, 2.24) is 0 Å². The van der Waals surface area contributed by atoms with Gasteiger partial charge in [0.15, 0.2) is 0 Å². The first-order chi connectivity index (χ1) is 5.83. The van der Waals surface area contributed by atoms with Gasteiger partial charge in [0.1, 0.15) is 0 Å². The highest BCUT2D eigenvalue weighted by molar-refractivity contribution is 4.51. The van der Waals surface area contributed by atoms with Crippen LogP contribution in [0.25, 0.3) is 0 Å². The monoisotopic (exact) mass is 174 g/mol. The maximum atomic E-state index is 3.36. The summed E-state index contributed by atoms with van der Waals surface area (Å²) in [4.78, 5) is 0. The molecular formula is C12H30. The second-order valence-electron chi connectivity index (χ2n) is 1.76. The average Bonchev–Trinajstić information content (AvgIpc) is 2.14. The van der Waals surface area contributed by atoms with Gasteiger partial charge in [0.2, 0.25) is 0 Å². The zero-order chi connectivity index (χ0) is 10.8. The minimum Gasteiger partial charge on any atom is -0.103 e. The SMILES string of the molecule is C=CC.CC.CC.CCCCC. The van der Waals surface area contributed by atoms with Gasteiger partial charge in [-0.1, -0.05) is 66.9 Å². The second-order valence-corrected chi connectivity index (χ2v) is 1.76. The predicted octanol–water partition coefficient (Wildman–Crippen LogP) is 5.44. The van der Waals surface area contributed by atoms with Crippen LogP contribution in [0.4, 0.5) is 0 Å². The lowest BCUT2D eigenvalue weighted by molar-refractivity contribution is 0.772. The number of unbranched alkanes of at least 4 members (excludes halogenated alkanes) is 2. The Kier molecular flexibility index (Phi) is 137. The van der Waals surface area contributed by atoms with Gasteiger partial charge in [-0.2, -0.15) is 0 Å². The smallest absolute Gasteiger partial charge is 0.0473 e. The van der Waals surface area contributed by atoms with Crippen LogP contribution in [0.2, 0.25) is 0 Å². The molecule has 0 saturated carbocycles. The molecule has 0 aromatic carbocycles. The van der Waals surface area contributed by atoms with Gasteiger partial charge in [-0.3, -0.25) is 0 Å². The first kappa shape index (κ1) is 22.6. The predicted molar refractivity (Wildman–Crippen MR) is 63.8 cm³/mol. The van der Waals surface area contributed by atoms with Gasteiger partial charge in [0.05, 0.1) is 0 Å². The molecule has 12 heavy (non-hydrogen) atoms. The molecule has 0 unspecified atom stereocenters. The summed E-state index contributed by atoms with van der Waals surface area (Å²) in [6, 6.07) is 0. The fraction of sp³-hybridized carbons (Fsp3) is 0.833. The third-order valence-electron chi connectivity index (χ3n) is 0.707. The van der Waals surface area contributed by atoms with Gasteiger partial charge in [-0.05, 0) is 6.92 Å². The topological polar surface area (TPSA) is 0 Å². The summed E-state index contributed by atoms with van der Waals surface area (Å²) in [5, 5.41) is 0. The lowest BCUT2D eigenvalue weighted by Gasteiger charge is -1.79. The van der Waals surface area contributed by atoms with E-state index in [1.165, 1.54) is 19.3 Å². The Morgan fingerprint density at radius 3 is 1.08 bits per heavy atom. The highest BCUT2D eigenvalue weighted by atomic mass is 13.7. The van der Waals surface area contributed by atoms with Crippen molar-refractivity contribution >= 4 is 0 Å². The molecule has 0 rings (SSSR count). The summed E-state index contributed by atoms with van der Waals surface area (Å²) < 4.78 is 0. The molecule has 0 nitrogen and oxygen atoms in total. The number of allylic oxidation sites excluding steroid dienone is 1. The van der Waals surface area contributed by atoms with Crippen molar-refractivity contribution in [2.75, 3.05) is 0 Å². The Morgan fingerprint density at radius 2 is 1.08 bits per heavy atom. The van der Waals surface area contributed by atoms with Gasteiger partial charge in [-0.15, -0.1) is 6.58 Å². The molecule has 0 atom stereocenters. The van der Waals surface area contributed by atoms with Crippen LogP contribution in [-0.2, 0) is 0 Å². The van der Waals surface area contributed by atoms with Crippen LogP contribution < -0.4 is 0 Å². The van der Waals surface area contributed by atoms with Gasteiger partial charge in [0.25, 0.3) is 0 Å². The number of rotatable bonds is 2. The quantitative estimate of drug-likeness (QED) is 0.489. The Hall–Kier alpha value is -0.260. The molecule has 0 saturated heterocycles. The van der Waals surface area contributed by atoms with E-state index in [0.717, 1.165) is 0 Å². The zero-order valence-corrected chi connectivity index (χ0v) is 10.4. The largest absolute Gasteiger partial charge is 0.103 e. The summed E-state index contributed by atoms with van der Waals surface area (Å²) in [6.45, 7) is 17.7. The maximum absolute atomic E-state index is 3.36. The van der Waals surface area contributed by atoms with Crippen molar-refractivity contribution < 1.29 is 0 Å². The molecule has 0 amide bonds. The van der Waals surface area contributed by atoms with E-state index in [1.807, 2.05) is 34.6 Å². The van der Waals surface area contributed by atoms with Crippen molar-refractivity contribution in [3.63, 3.8) is 0 Å². The molecule has 0 fully saturated rings. The van der Waals surface area contributed by atoms with E-state index in [0.29, 0.717) is 0 Å². The lowest BCUT2D eigenvalue weighted by atomic mass is 10.3. The average molecular weight is 174 g/mol. The molecule has 0 aliphatic carbocycles. The Balaban J connectivity index is -0.0000000397. The molecule has 0 aromatic heterocycles. The highest BCUT2D eigenvalue weighted by Crippen LogP contribution is 1.88. The van der Waals surface area contributed by atoms with E-state index < -0.39 is 0 Å². The fourth-order valence-electron chi connectivity index (χ4n) is 0.354. The number of hydrogen-bond donors (Lipinski definition) is 0. The van der Waals surface area contributed by atoms with Crippen molar-refractivity contribution in [1.29, 1.82) is 0 Å². The first-order valence-electron chi connectivity index (χ1n) is 5.40. The van der Waals surface area contributed by atoms with E-state index in [1.54, 1.807) is 6.08 Å². The zero-order valence-electron chi connectivity index (χ0n) is 10.4. The molecule has 0 radical (unpaired) electrons. The van der Waals surface area contributed by atoms with Gasteiger partial charge in [0, 0.05) is 0 Å². The van der Waals surface area contributed by atoms with Crippen LogP contribution in [0, 0.1) is 0 Å². The van der Waals surface area contributed by atoms with Crippen molar-refractivity contribution in [2.24, 2.45) is 0 Å². The van der Waals surface area contributed by atoms with E-state index in [9.17, 15) is 0 Å². The Morgan fingerprint density at radius 1 is 0.917 bits per heavy atom. The number of hydrogen-bond acceptors (Lipinski definition) is 0. The van der Waals surface area contributed by atoms with Crippen LogP contribution in [0.5, 0.6) is 0 Å². The van der Waals surface area contributed by atoms with Crippen LogP contribution in [-0.4, -0.2) is 0 Å². The summed E-state index contributed by atoms with van der Waals surface area (Å²) in [5.41, 5.74) is 0. The third-order valence-corrected chi connectivity index (χ3v) is 0.707. The Bertz CT molecular complexity index is 27.0. The molecule has 0 heterocycles. The van der Waals surface area contributed by atoms with Gasteiger partial charge in [-0.25, -0.2) is 0 Å². The van der Waals surface area contributed by atoms with Crippen LogP contribution >= 0.6 is 0 Å². The van der Waals surface area contributed by atoms with E-state index in [2.05, 4.69) is 20.4 Å². The van der Waals surface area contributed by atoms with E-state index in [4.69, 9.17) is 0 Å². The Labute approximate surface area is 81.1 Å². The maximum Gasteiger partial charge on any atom is -0.0473 e. The first-order valence-corrected chi connectivity index (χ1v) is 5.40. The molecular weight excluding hydrogens is 144 g/mol. The molecule has 78 valence electrons. The minimum absolute atomic E-state index is 1.34. The summed E-state index contributed by atoms with van der Waals surface area (Å²) in [7, 11) is 0. The molecule has 0 heteroatoms. The van der Waals surface area contributed by atoms with Crippen molar-refractivity contribution in [2.45, 2.75) is 67.7 Å². The molecule has 0 aromatic rings. The standard InChI is InChI=1S/C5H12.C3H6.2C2H6/c1-3-5-4-2;1-3-2;2*1-2/h3-5H2,1-2H3;3H,1H2,2H3;2*1-2H3. The van der Waals surface area contributed by atoms with E-state index in [-0.39, 0.29) is 0 Å². The van der Waals surface area contributed by atoms with Crippen molar-refractivity contribution in [3.05, 3.63) is 12.7 Å². The van der Waals surface area contributed by atoms with Gasteiger partial charge >= 0.3 is 0 Å². The lowest BCUT2D eigenvalue weighted by Crippen LogP contribution is -1.59.